The second-order valence-corrected chi connectivity index (χ2v) is 8.02. The Hall–Kier alpha value is -0.980. The van der Waals surface area contributed by atoms with Gasteiger partial charge in [0.15, 0.2) is 5.96 Å². The molecule has 1 amide bonds. The van der Waals surface area contributed by atoms with Crippen molar-refractivity contribution in [2.45, 2.75) is 58.4 Å². The van der Waals surface area contributed by atoms with E-state index in [9.17, 15) is 18.0 Å². The molecule has 1 atom stereocenters. The van der Waals surface area contributed by atoms with Gasteiger partial charge in [0.25, 0.3) is 0 Å². The van der Waals surface area contributed by atoms with Crippen molar-refractivity contribution in [1.29, 1.82) is 0 Å². The number of ether oxygens (including phenoxy) is 1. The monoisotopic (exact) mass is 537 g/mol. The number of likely N-dealkylation sites (tertiary alicyclic amines) is 1. The van der Waals surface area contributed by atoms with Gasteiger partial charge in [-0.05, 0) is 54.1 Å². The van der Waals surface area contributed by atoms with E-state index in [0.29, 0.717) is 32.6 Å². The van der Waals surface area contributed by atoms with E-state index in [1.165, 1.54) is 11.9 Å². The van der Waals surface area contributed by atoms with Crippen molar-refractivity contribution >= 4 is 36.0 Å². The summed E-state index contributed by atoms with van der Waals surface area (Å²) in [6.07, 6.45) is -3.31. The summed E-state index contributed by atoms with van der Waals surface area (Å²) in [6.45, 7) is 9.28. The standard InChI is InChI=1S/C18H34F3N5O2.HI/c1-6-22-15(23-9-7-10-25(5)13-18(19,20)21)26-11-8-14(12-26)24-16(27)28-17(2,3)4;/h14H,6-13H2,1-5H3,(H,22,23)(H,24,27);1H. The average molecular weight is 537 g/mol. The number of nitrogens with zero attached hydrogens (tertiary/aromatic N) is 3. The summed E-state index contributed by atoms with van der Waals surface area (Å²) in [5.74, 6) is 0.717. The van der Waals surface area contributed by atoms with Crippen molar-refractivity contribution in [2.24, 2.45) is 4.99 Å². The Morgan fingerprint density at radius 3 is 2.52 bits per heavy atom. The lowest BCUT2D eigenvalue weighted by atomic mass is 10.2. The molecule has 0 spiro atoms. The minimum atomic E-state index is -4.18. The number of alkyl halides is 3. The number of amides is 1. The van der Waals surface area contributed by atoms with Gasteiger partial charge >= 0.3 is 12.3 Å². The van der Waals surface area contributed by atoms with Crippen LogP contribution in [0.1, 0.15) is 40.5 Å². The van der Waals surface area contributed by atoms with E-state index >= 15 is 0 Å². The fourth-order valence-electron chi connectivity index (χ4n) is 2.88. The zero-order chi connectivity index (χ0) is 21.4. The molecule has 1 rings (SSSR count). The molecule has 1 saturated heterocycles. The van der Waals surface area contributed by atoms with Gasteiger partial charge in [0.1, 0.15) is 5.60 Å². The van der Waals surface area contributed by atoms with Gasteiger partial charge in [0, 0.05) is 26.2 Å². The molecule has 172 valence electrons. The Morgan fingerprint density at radius 1 is 1.31 bits per heavy atom. The minimum Gasteiger partial charge on any atom is -0.444 e. The molecule has 0 saturated carbocycles. The topological polar surface area (TPSA) is 69.2 Å². The highest BCUT2D eigenvalue weighted by Crippen LogP contribution is 2.15. The molecule has 2 N–H and O–H groups in total. The molecule has 29 heavy (non-hydrogen) atoms. The third-order valence-electron chi connectivity index (χ3n) is 3.95. The maximum absolute atomic E-state index is 12.3. The average Bonchev–Trinajstić information content (AvgIpc) is 2.94. The number of halogens is 4. The number of aliphatic imine (C=N–C) groups is 1. The molecule has 11 heteroatoms. The minimum absolute atomic E-state index is 0. The van der Waals surface area contributed by atoms with Crippen LogP contribution in [0.5, 0.6) is 0 Å². The van der Waals surface area contributed by atoms with Crippen LogP contribution in [0.4, 0.5) is 18.0 Å². The van der Waals surface area contributed by atoms with Gasteiger partial charge in [-0.3, -0.25) is 9.89 Å². The fraction of sp³-hybridized carbons (Fsp3) is 0.889. The molecule has 0 aromatic heterocycles. The Balaban J connectivity index is 0.00000784. The third kappa shape index (κ3) is 13.0. The summed E-state index contributed by atoms with van der Waals surface area (Å²) in [6, 6.07) is -0.0309. The fourth-order valence-corrected chi connectivity index (χ4v) is 2.88. The Kier molecular flexibility index (Phi) is 12.2. The summed E-state index contributed by atoms with van der Waals surface area (Å²) in [5.41, 5.74) is -0.544. The summed E-state index contributed by atoms with van der Waals surface area (Å²) in [5, 5.41) is 6.07. The lowest BCUT2D eigenvalue weighted by Crippen LogP contribution is -2.44. The van der Waals surface area contributed by atoms with Gasteiger partial charge in [-0.1, -0.05) is 0 Å². The predicted octanol–water partition coefficient (Wildman–Crippen LogP) is 3.05. The Morgan fingerprint density at radius 2 is 1.97 bits per heavy atom. The van der Waals surface area contributed by atoms with Crippen molar-refractivity contribution < 1.29 is 22.7 Å². The number of guanidine groups is 1. The van der Waals surface area contributed by atoms with Crippen molar-refractivity contribution in [3.63, 3.8) is 0 Å². The van der Waals surface area contributed by atoms with Crippen molar-refractivity contribution in [3.8, 4) is 0 Å². The maximum Gasteiger partial charge on any atom is 0.407 e. The number of hydrogen-bond donors (Lipinski definition) is 2. The Labute approximate surface area is 188 Å². The summed E-state index contributed by atoms with van der Waals surface area (Å²) in [4.78, 5) is 19.7. The number of alkyl carbamates (subject to hydrolysis) is 1. The van der Waals surface area contributed by atoms with Gasteiger partial charge in [-0.25, -0.2) is 4.79 Å². The highest BCUT2D eigenvalue weighted by Gasteiger charge is 2.29. The van der Waals surface area contributed by atoms with Crippen LogP contribution < -0.4 is 10.6 Å². The van der Waals surface area contributed by atoms with Crippen LogP contribution in [-0.2, 0) is 4.74 Å². The SMILES string of the molecule is CCNC(=NCCCN(C)CC(F)(F)F)N1CCC(NC(=O)OC(C)(C)C)C1.I. The van der Waals surface area contributed by atoms with E-state index in [2.05, 4.69) is 15.6 Å². The van der Waals surface area contributed by atoms with E-state index in [1.807, 2.05) is 32.6 Å². The lowest BCUT2D eigenvalue weighted by Gasteiger charge is -2.23. The van der Waals surface area contributed by atoms with Crippen LogP contribution in [0.3, 0.4) is 0 Å². The number of rotatable bonds is 7. The largest absolute Gasteiger partial charge is 0.444 e. The molecule has 0 aromatic carbocycles. The smallest absolute Gasteiger partial charge is 0.407 e. The molecular weight excluding hydrogens is 502 g/mol. The van der Waals surface area contributed by atoms with E-state index in [1.54, 1.807) is 0 Å². The Bertz CT molecular complexity index is 527. The van der Waals surface area contributed by atoms with E-state index in [-0.39, 0.29) is 30.0 Å². The van der Waals surface area contributed by atoms with Gasteiger partial charge in [-0.2, -0.15) is 13.2 Å². The summed E-state index contributed by atoms with van der Waals surface area (Å²) < 4.78 is 42.3. The molecule has 0 aromatic rings. The zero-order valence-electron chi connectivity index (χ0n) is 17.9. The molecule has 1 unspecified atom stereocenters. The number of nitrogens with one attached hydrogen (secondary N) is 2. The van der Waals surface area contributed by atoms with E-state index in [4.69, 9.17) is 4.74 Å². The highest BCUT2D eigenvalue weighted by atomic mass is 127. The molecule has 0 radical (unpaired) electrons. The van der Waals surface area contributed by atoms with Crippen molar-refractivity contribution in [1.82, 2.24) is 20.4 Å². The van der Waals surface area contributed by atoms with Crippen LogP contribution in [-0.4, -0.2) is 86.0 Å². The first-order valence-corrected chi connectivity index (χ1v) is 9.67. The number of carbonyl (C=O) groups excluding carboxylic acids is 1. The molecule has 7 nitrogen and oxygen atoms in total. The second kappa shape index (κ2) is 12.7. The second-order valence-electron chi connectivity index (χ2n) is 8.02. The van der Waals surface area contributed by atoms with Crippen LogP contribution >= 0.6 is 24.0 Å². The molecule has 1 fully saturated rings. The van der Waals surface area contributed by atoms with Crippen molar-refractivity contribution in [3.05, 3.63) is 0 Å². The molecule has 0 bridgehead atoms. The van der Waals surface area contributed by atoms with Crippen LogP contribution in [0.25, 0.3) is 0 Å². The quantitative estimate of drug-likeness (QED) is 0.226. The highest BCUT2D eigenvalue weighted by molar-refractivity contribution is 14.0. The number of hydrogen-bond acceptors (Lipinski definition) is 4. The first-order chi connectivity index (χ1) is 12.9. The first kappa shape index (κ1) is 28.0. The van der Waals surface area contributed by atoms with Gasteiger partial charge < -0.3 is 20.3 Å². The third-order valence-corrected chi connectivity index (χ3v) is 3.95. The van der Waals surface area contributed by atoms with Gasteiger partial charge in [0.2, 0.25) is 0 Å². The lowest BCUT2D eigenvalue weighted by molar-refractivity contribution is -0.143. The predicted molar refractivity (Wildman–Crippen MR) is 119 cm³/mol. The van der Waals surface area contributed by atoms with Crippen molar-refractivity contribution in [2.75, 3.05) is 46.3 Å². The first-order valence-electron chi connectivity index (χ1n) is 9.67. The van der Waals surface area contributed by atoms with Gasteiger partial charge in [-0.15, -0.1) is 24.0 Å². The van der Waals surface area contributed by atoms with Crippen LogP contribution in [0.15, 0.2) is 4.99 Å². The summed E-state index contributed by atoms with van der Waals surface area (Å²) in [7, 11) is 1.45. The molecule has 1 aliphatic rings. The molecule has 1 aliphatic heterocycles. The summed E-state index contributed by atoms with van der Waals surface area (Å²) >= 11 is 0. The maximum atomic E-state index is 12.3. The van der Waals surface area contributed by atoms with Crippen LogP contribution in [0.2, 0.25) is 0 Å². The van der Waals surface area contributed by atoms with Crippen LogP contribution in [0, 0.1) is 0 Å². The van der Waals surface area contributed by atoms with E-state index in [0.717, 1.165) is 18.9 Å². The van der Waals surface area contributed by atoms with Gasteiger partial charge in [0.05, 0.1) is 12.6 Å². The number of carbonyl (C=O) groups is 1. The zero-order valence-corrected chi connectivity index (χ0v) is 20.3. The van der Waals surface area contributed by atoms with E-state index < -0.39 is 24.4 Å². The normalized spacial score (nSPS) is 17.9. The molecule has 1 heterocycles. The molecule has 0 aliphatic carbocycles. The molecular formula is C18H35F3IN5O2.